The van der Waals surface area contributed by atoms with Gasteiger partial charge in [0, 0.05) is 10.7 Å². The van der Waals surface area contributed by atoms with Gasteiger partial charge in [-0.05, 0) is 46.6 Å². The number of pyridine rings is 1. The van der Waals surface area contributed by atoms with Gasteiger partial charge in [0.15, 0.2) is 0 Å². The van der Waals surface area contributed by atoms with Gasteiger partial charge >= 0.3 is 0 Å². The molecule has 0 saturated carbocycles. The van der Waals surface area contributed by atoms with Gasteiger partial charge in [-0.1, -0.05) is 12.1 Å². The van der Waals surface area contributed by atoms with Crippen LogP contribution in [0.1, 0.15) is 11.3 Å². The zero-order valence-electron chi connectivity index (χ0n) is 10.3. The summed E-state index contributed by atoms with van der Waals surface area (Å²) in [4.78, 5) is 4.23. The minimum atomic E-state index is 0.517. The lowest BCUT2D eigenvalue weighted by Crippen LogP contribution is -1.98. The molecular formula is C14H14BrNO2. The molecule has 0 aliphatic rings. The molecule has 0 aliphatic carbocycles. The Hall–Kier alpha value is -1.55. The summed E-state index contributed by atoms with van der Waals surface area (Å²) >= 11 is 3.38. The Morgan fingerprint density at radius 2 is 1.94 bits per heavy atom. The molecule has 0 amide bonds. The second kappa shape index (κ2) is 5.87. The van der Waals surface area contributed by atoms with E-state index in [9.17, 15) is 0 Å². The Labute approximate surface area is 115 Å². The molecule has 1 aromatic carbocycles. The molecular weight excluding hydrogens is 294 g/mol. The van der Waals surface area contributed by atoms with Gasteiger partial charge in [0.25, 0.3) is 0 Å². The fourth-order valence-electron chi connectivity index (χ4n) is 1.52. The normalized spacial score (nSPS) is 10.2. The molecule has 0 aliphatic heterocycles. The minimum Gasteiger partial charge on any atom is -0.497 e. The summed E-state index contributed by atoms with van der Waals surface area (Å²) in [7, 11) is 1.65. The van der Waals surface area contributed by atoms with E-state index < -0.39 is 0 Å². The number of benzene rings is 1. The van der Waals surface area contributed by atoms with E-state index in [-0.39, 0.29) is 0 Å². The van der Waals surface area contributed by atoms with Crippen molar-refractivity contribution in [2.75, 3.05) is 7.11 Å². The van der Waals surface area contributed by atoms with Gasteiger partial charge in [-0.2, -0.15) is 0 Å². The SMILES string of the molecule is COc1ccc(COc2cc(Br)cnc2C)cc1. The van der Waals surface area contributed by atoms with E-state index in [1.54, 1.807) is 13.3 Å². The van der Waals surface area contributed by atoms with Crippen LogP contribution in [0, 0.1) is 6.92 Å². The first kappa shape index (κ1) is 12.9. The molecule has 0 atom stereocenters. The van der Waals surface area contributed by atoms with E-state index in [0.717, 1.165) is 27.2 Å². The van der Waals surface area contributed by atoms with E-state index in [0.29, 0.717) is 6.61 Å². The van der Waals surface area contributed by atoms with Crippen LogP contribution in [0.5, 0.6) is 11.5 Å². The number of ether oxygens (including phenoxy) is 2. The Morgan fingerprint density at radius 1 is 1.22 bits per heavy atom. The van der Waals surface area contributed by atoms with Crippen molar-refractivity contribution >= 4 is 15.9 Å². The third kappa shape index (κ3) is 3.23. The summed E-state index contributed by atoms with van der Waals surface area (Å²) in [6.45, 7) is 2.44. The van der Waals surface area contributed by atoms with Gasteiger partial charge in [-0.25, -0.2) is 0 Å². The highest BCUT2D eigenvalue weighted by Gasteiger charge is 2.02. The third-order valence-electron chi connectivity index (χ3n) is 2.56. The zero-order valence-corrected chi connectivity index (χ0v) is 11.9. The number of nitrogens with zero attached hydrogens (tertiary/aromatic N) is 1. The largest absolute Gasteiger partial charge is 0.497 e. The van der Waals surface area contributed by atoms with Crippen molar-refractivity contribution in [1.82, 2.24) is 4.98 Å². The van der Waals surface area contributed by atoms with Gasteiger partial charge in [0.05, 0.1) is 12.8 Å². The molecule has 3 nitrogen and oxygen atoms in total. The second-order valence-electron chi connectivity index (χ2n) is 3.87. The molecule has 1 heterocycles. The molecule has 94 valence electrons. The minimum absolute atomic E-state index is 0.517. The van der Waals surface area contributed by atoms with E-state index in [4.69, 9.17) is 9.47 Å². The topological polar surface area (TPSA) is 31.4 Å². The zero-order chi connectivity index (χ0) is 13.0. The van der Waals surface area contributed by atoms with E-state index >= 15 is 0 Å². The van der Waals surface area contributed by atoms with Crippen molar-refractivity contribution in [2.24, 2.45) is 0 Å². The highest BCUT2D eigenvalue weighted by atomic mass is 79.9. The second-order valence-corrected chi connectivity index (χ2v) is 4.79. The number of hydrogen-bond donors (Lipinski definition) is 0. The van der Waals surface area contributed by atoms with Crippen LogP contribution >= 0.6 is 15.9 Å². The number of aromatic nitrogens is 1. The van der Waals surface area contributed by atoms with Crippen molar-refractivity contribution in [3.05, 3.63) is 52.3 Å². The highest BCUT2D eigenvalue weighted by Crippen LogP contribution is 2.22. The Morgan fingerprint density at radius 3 is 2.61 bits per heavy atom. The van der Waals surface area contributed by atoms with E-state index in [2.05, 4.69) is 20.9 Å². The Bertz CT molecular complexity index is 526. The van der Waals surface area contributed by atoms with Crippen molar-refractivity contribution in [3.63, 3.8) is 0 Å². The predicted octanol–water partition coefficient (Wildman–Crippen LogP) is 3.74. The molecule has 18 heavy (non-hydrogen) atoms. The number of halogens is 1. The third-order valence-corrected chi connectivity index (χ3v) is 2.99. The predicted molar refractivity (Wildman–Crippen MR) is 74.0 cm³/mol. The summed E-state index contributed by atoms with van der Waals surface area (Å²) in [5.74, 6) is 1.64. The van der Waals surface area contributed by atoms with Crippen molar-refractivity contribution in [3.8, 4) is 11.5 Å². The van der Waals surface area contributed by atoms with Gasteiger partial charge in [-0.15, -0.1) is 0 Å². The summed E-state index contributed by atoms with van der Waals surface area (Å²) in [5, 5.41) is 0. The molecule has 0 N–H and O–H groups in total. The molecule has 0 bridgehead atoms. The summed E-state index contributed by atoms with van der Waals surface area (Å²) < 4.78 is 11.8. The summed E-state index contributed by atoms with van der Waals surface area (Å²) in [6.07, 6.45) is 1.76. The standard InChI is InChI=1S/C14H14BrNO2/c1-10-14(7-12(15)8-16-10)18-9-11-3-5-13(17-2)6-4-11/h3-8H,9H2,1-2H3. The van der Waals surface area contributed by atoms with Crippen LogP contribution in [0.4, 0.5) is 0 Å². The van der Waals surface area contributed by atoms with Crippen molar-refractivity contribution < 1.29 is 9.47 Å². The molecule has 2 rings (SSSR count). The van der Waals surface area contributed by atoms with Crippen LogP contribution < -0.4 is 9.47 Å². The lowest BCUT2D eigenvalue weighted by Gasteiger charge is -2.09. The van der Waals surface area contributed by atoms with Crippen molar-refractivity contribution in [2.45, 2.75) is 13.5 Å². The van der Waals surface area contributed by atoms with Gasteiger partial charge < -0.3 is 9.47 Å². The molecule has 2 aromatic rings. The summed E-state index contributed by atoms with van der Waals surface area (Å²) in [6, 6.07) is 9.74. The number of aryl methyl sites for hydroxylation is 1. The van der Waals surface area contributed by atoms with E-state index in [1.165, 1.54) is 0 Å². The number of rotatable bonds is 4. The lowest BCUT2D eigenvalue weighted by atomic mass is 10.2. The van der Waals surface area contributed by atoms with Crippen LogP contribution in [0.2, 0.25) is 0 Å². The maximum atomic E-state index is 5.74. The first-order valence-corrected chi connectivity index (χ1v) is 6.36. The molecule has 0 fully saturated rings. The van der Waals surface area contributed by atoms with Gasteiger partial charge in [0.1, 0.15) is 18.1 Å². The average Bonchev–Trinajstić information content (AvgIpc) is 2.40. The number of hydrogen-bond acceptors (Lipinski definition) is 3. The van der Waals surface area contributed by atoms with Crippen LogP contribution in [0.3, 0.4) is 0 Å². The lowest BCUT2D eigenvalue weighted by molar-refractivity contribution is 0.302. The fourth-order valence-corrected chi connectivity index (χ4v) is 1.83. The molecule has 0 saturated heterocycles. The Balaban J connectivity index is 2.04. The van der Waals surface area contributed by atoms with E-state index in [1.807, 2.05) is 37.3 Å². The number of methoxy groups -OCH3 is 1. The molecule has 1 aromatic heterocycles. The van der Waals surface area contributed by atoms with Crippen LogP contribution in [0.25, 0.3) is 0 Å². The van der Waals surface area contributed by atoms with Gasteiger partial charge in [0.2, 0.25) is 0 Å². The highest BCUT2D eigenvalue weighted by molar-refractivity contribution is 9.10. The maximum Gasteiger partial charge on any atom is 0.142 e. The van der Waals surface area contributed by atoms with Crippen LogP contribution in [-0.4, -0.2) is 12.1 Å². The molecule has 0 unspecified atom stereocenters. The molecule has 0 radical (unpaired) electrons. The average molecular weight is 308 g/mol. The first-order chi connectivity index (χ1) is 8.69. The summed E-state index contributed by atoms with van der Waals surface area (Å²) in [5.41, 5.74) is 1.97. The van der Waals surface area contributed by atoms with Crippen molar-refractivity contribution in [1.29, 1.82) is 0 Å². The van der Waals surface area contributed by atoms with Crippen LogP contribution in [-0.2, 0) is 6.61 Å². The first-order valence-electron chi connectivity index (χ1n) is 5.57. The smallest absolute Gasteiger partial charge is 0.142 e. The monoisotopic (exact) mass is 307 g/mol. The van der Waals surface area contributed by atoms with Crippen LogP contribution in [0.15, 0.2) is 41.0 Å². The maximum absolute atomic E-state index is 5.74. The fraction of sp³-hybridized carbons (Fsp3) is 0.214. The Kier molecular flexibility index (Phi) is 4.20. The van der Waals surface area contributed by atoms with Gasteiger partial charge in [-0.3, -0.25) is 4.98 Å². The molecule has 0 spiro atoms. The quantitative estimate of drug-likeness (QED) is 0.862. The molecule has 4 heteroatoms.